The maximum atomic E-state index is 8.95. The summed E-state index contributed by atoms with van der Waals surface area (Å²) in [5, 5.41) is 13.0. The van der Waals surface area contributed by atoms with E-state index in [4.69, 9.17) is 16.9 Å². The van der Waals surface area contributed by atoms with Crippen LogP contribution in [0.25, 0.3) is 0 Å². The van der Waals surface area contributed by atoms with Gasteiger partial charge >= 0.3 is 0 Å². The SMILES string of the molecule is Cc1nsc(NCc2ccc(Cl)s2)c1C#N. The van der Waals surface area contributed by atoms with Crippen LogP contribution < -0.4 is 5.32 Å². The fraction of sp³-hybridized carbons (Fsp3) is 0.200. The summed E-state index contributed by atoms with van der Waals surface area (Å²) >= 11 is 8.68. The van der Waals surface area contributed by atoms with Gasteiger partial charge in [0, 0.05) is 4.88 Å². The van der Waals surface area contributed by atoms with E-state index in [9.17, 15) is 0 Å². The number of anilines is 1. The molecule has 0 atom stereocenters. The van der Waals surface area contributed by atoms with Crippen molar-refractivity contribution in [3.8, 4) is 6.07 Å². The van der Waals surface area contributed by atoms with Crippen molar-refractivity contribution < 1.29 is 0 Å². The van der Waals surface area contributed by atoms with Gasteiger partial charge in [-0.15, -0.1) is 11.3 Å². The van der Waals surface area contributed by atoms with Crippen LogP contribution in [0.3, 0.4) is 0 Å². The molecule has 2 aromatic rings. The Labute approximate surface area is 106 Å². The number of hydrogen-bond acceptors (Lipinski definition) is 5. The second-order valence-corrected chi connectivity index (χ2v) is 5.72. The molecule has 0 bridgehead atoms. The van der Waals surface area contributed by atoms with Crippen molar-refractivity contribution in [1.82, 2.24) is 4.37 Å². The second kappa shape index (κ2) is 4.83. The molecule has 2 aromatic heterocycles. The zero-order valence-corrected chi connectivity index (χ0v) is 10.8. The van der Waals surface area contributed by atoms with Crippen molar-refractivity contribution >= 4 is 39.5 Å². The molecule has 3 nitrogen and oxygen atoms in total. The first-order valence-electron chi connectivity index (χ1n) is 4.55. The maximum absolute atomic E-state index is 8.95. The Kier molecular flexibility index (Phi) is 3.44. The first-order valence-corrected chi connectivity index (χ1v) is 6.52. The summed E-state index contributed by atoms with van der Waals surface area (Å²) in [6.45, 7) is 2.51. The minimum atomic E-state index is 0.632. The smallest absolute Gasteiger partial charge is 0.128 e. The van der Waals surface area contributed by atoms with Crippen molar-refractivity contribution in [3.63, 3.8) is 0 Å². The molecule has 0 radical (unpaired) electrons. The third-order valence-electron chi connectivity index (χ3n) is 2.03. The first-order chi connectivity index (χ1) is 7.70. The van der Waals surface area contributed by atoms with Crippen LogP contribution in [0.15, 0.2) is 12.1 Å². The molecule has 16 heavy (non-hydrogen) atoms. The fourth-order valence-corrected chi connectivity index (χ4v) is 3.00. The number of nitrogens with one attached hydrogen (secondary N) is 1. The molecule has 2 heterocycles. The minimum absolute atomic E-state index is 0.632. The normalized spacial score (nSPS) is 10.1. The number of halogens is 1. The highest BCUT2D eigenvalue weighted by atomic mass is 35.5. The molecule has 6 heteroatoms. The van der Waals surface area contributed by atoms with E-state index in [1.807, 2.05) is 19.1 Å². The highest BCUT2D eigenvalue weighted by molar-refractivity contribution is 7.16. The van der Waals surface area contributed by atoms with Gasteiger partial charge < -0.3 is 5.32 Å². The number of aryl methyl sites for hydroxylation is 1. The van der Waals surface area contributed by atoms with Gasteiger partial charge in [0.15, 0.2) is 0 Å². The maximum Gasteiger partial charge on any atom is 0.128 e. The van der Waals surface area contributed by atoms with Gasteiger partial charge in [0.1, 0.15) is 16.6 Å². The predicted octanol–water partition coefficient (Wildman–Crippen LogP) is 3.65. The molecule has 0 fully saturated rings. The molecule has 0 unspecified atom stereocenters. The monoisotopic (exact) mass is 269 g/mol. The van der Waals surface area contributed by atoms with E-state index < -0.39 is 0 Å². The van der Waals surface area contributed by atoms with Crippen LogP contribution in [-0.2, 0) is 6.54 Å². The average Bonchev–Trinajstić information content (AvgIpc) is 2.82. The Morgan fingerprint density at radius 3 is 3.00 bits per heavy atom. The van der Waals surface area contributed by atoms with Gasteiger partial charge in [-0.1, -0.05) is 11.6 Å². The largest absolute Gasteiger partial charge is 0.370 e. The van der Waals surface area contributed by atoms with E-state index in [1.54, 1.807) is 0 Å². The molecule has 0 saturated carbocycles. The standard InChI is InChI=1S/C10H8ClN3S2/c1-6-8(4-12)10(16-14-6)13-5-7-2-3-9(11)15-7/h2-3,13H,5H2,1H3. The molecule has 0 aromatic carbocycles. The third kappa shape index (κ3) is 2.35. The lowest BCUT2D eigenvalue weighted by atomic mass is 10.3. The molecule has 0 aliphatic heterocycles. The van der Waals surface area contributed by atoms with E-state index in [1.165, 1.54) is 22.9 Å². The van der Waals surface area contributed by atoms with Crippen LogP contribution in [0, 0.1) is 18.3 Å². The van der Waals surface area contributed by atoms with E-state index in [0.717, 1.165) is 19.9 Å². The number of thiophene rings is 1. The molecule has 0 spiro atoms. The number of hydrogen-bond donors (Lipinski definition) is 1. The lowest BCUT2D eigenvalue weighted by molar-refractivity contribution is 1.20. The molecule has 82 valence electrons. The van der Waals surface area contributed by atoms with Gasteiger partial charge in [0.05, 0.1) is 16.6 Å². The van der Waals surface area contributed by atoms with Crippen molar-refractivity contribution in [1.29, 1.82) is 5.26 Å². The van der Waals surface area contributed by atoms with Crippen molar-refractivity contribution in [2.75, 3.05) is 5.32 Å². The zero-order valence-electron chi connectivity index (χ0n) is 8.45. The van der Waals surface area contributed by atoms with E-state index >= 15 is 0 Å². The summed E-state index contributed by atoms with van der Waals surface area (Å²) < 4.78 is 4.91. The molecule has 0 amide bonds. The average molecular weight is 270 g/mol. The molecule has 2 rings (SSSR count). The summed E-state index contributed by atoms with van der Waals surface area (Å²) in [4.78, 5) is 1.14. The quantitative estimate of drug-likeness (QED) is 0.925. The van der Waals surface area contributed by atoms with Crippen LogP contribution in [0.5, 0.6) is 0 Å². The Morgan fingerprint density at radius 1 is 1.56 bits per heavy atom. The summed E-state index contributed by atoms with van der Waals surface area (Å²) in [5.41, 5.74) is 1.41. The molecule has 0 aliphatic rings. The number of rotatable bonds is 3. The Bertz CT molecular complexity index is 538. The lowest BCUT2D eigenvalue weighted by Gasteiger charge is -2.00. The van der Waals surface area contributed by atoms with Gasteiger partial charge in [-0.05, 0) is 30.6 Å². The van der Waals surface area contributed by atoms with E-state index in [0.29, 0.717) is 12.1 Å². The second-order valence-electron chi connectivity index (χ2n) is 3.14. The van der Waals surface area contributed by atoms with Crippen LogP contribution in [0.4, 0.5) is 5.00 Å². The van der Waals surface area contributed by atoms with Crippen LogP contribution in [-0.4, -0.2) is 4.37 Å². The summed E-state index contributed by atoms with van der Waals surface area (Å²) in [7, 11) is 0. The van der Waals surface area contributed by atoms with Crippen LogP contribution in [0.1, 0.15) is 16.1 Å². The van der Waals surface area contributed by atoms with Crippen molar-refractivity contribution in [2.45, 2.75) is 13.5 Å². The van der Waals surface area contributed by atoms with E-state index in [2.05, 4.69) is 15.8 Å². The van der Waals surface area contributed by atoms with Crippen molar-refractivity contribution in [3.05, 3.63) is 32.6 Å². The topological polar surface area (TPSA) is 48.7 Å². The Hall–Kier alpha value is -1.09. The van der Waals surface area contributed by atoms with Gasteiger partial charge in [-0.3, -0.25) is 0 Å². The summed E-state index contributed by atoms with van der Waals surface area (Å²) in [5.74, 6) is 0. The minimum Gasteiger partial charge on any atom is -0.370 e. The first kappa shape index (κ1) is 11.4. The van der Waals surface area contributed by atoms with Gasteiger partial charge in [-0.2, -0.15) is 9.64 Å². The van der Waals surface area contributed by atoms with Gasteiger partial charge in [-0.25, -0.2) is 0 Å². The predicted molar refractivity (Wildman–Crippen MR) is 68.2 cm³/mol. The Balaban J connectivity index is 2.08. The molecule has 0 saturated heterocycles. The number of nitrogens with zero attached hydrogens (tertiary/aromatic N) is 2. The summed E-state index contributed by atoms with van der Waals surface area (Å²) in [6.07, 6.45) is 0. The molecular weight excluding hydrogens is 262 g/mol. The molecule has 1 N–H and O–H groups in total. The zero-order chi connectivity index (χ0) is 11.5. The van der Waals surface area contributed by atoms with Crippen LogP contribution in [0.2, 0.25) is 4.34 Å². The molecule has 0 aliphatic carbocycles. The number of nitriles is 1. The summed E-state index contributed by atoms with van der Waals surface area (Å²) in [6, 6.07) is 5.99. The highest BCUT2D eigenvalue weighted by Crippen LogP contribution is 2.26. The molecular formula is C10H8ClN3S2. The number of aromatic nitrogens is 1. The highest BCUT2D eigenvalue weighted by Gasteiger charge is 2.09. The third-order valence-corrected chi connectivity index (χ3v) is 4.15. The van der Waals surface area contributed by atoms with Crippen molar-refractivity contribution in [2.24, 2.45) is 0 Å². The van der Waals surface area contributed by atoms with Crippen LogP contribution >= 0.6 is 34.5 Å². The fourth-order valence-electron chi connectivity index (χ4n) is 1.24. The van der Waals surface area contributed by atoms with E-state index in [-0.39, 0.29) is 0 Å². The lowest BCUT2D eigenvalue weighted by Crippen LogP contribution is -1.96. The Morgan fingerprint density at radius 2 is 2.38 bits per heavy atom. The van der Waals surface area contributed by atoms with Gasteiger partial charge in [0.25, 0.3) is 0 Å². The van der Waals surface area contributed by atoms with Gasteiger partial charge in [0.2, 0.25) is 0 Å².